The molecule has 0 atom stereocenters. The van der Waals surface area contributed by atoms with Crippen molar-refractivity contribution in [1.29, 1.82) is 0 Å². The number of hydrogen-bond acceptors (Lipinski definition) is 14. The van der Waals surface area contributed by atoms with E-state index in [9.17, 15) is 0 Å². The molecule has 0 spiro atoms. The van der Waals surface area contributed by atoms with E-state index >= 15 is 0 Å². The normalized spacial score (nSPS) is 13.0. The van der Waals surface area contributed by atoms with Gasteiger partial charge in [-0.25, -0.2) is 0 Å². The lowest BCUT2D eigenvalue weighted by Gasteiger charge is -2.29. The summed E-state index contributed by atoms with van der Waals surface area (Å²) in [5.41, 5.74) is 30.2. The number of benzene rings is 15. The van der Waals surface area contributed by atoms with E-state index in [1.54, 1.807) is 24.6 Å². The molecule has 14 heteroatoms. The van der Waals surface area contributed by atoms with E-state index in [0.717, 1.165) is 150 Å². The topological polar surface area (TPSA) is 171 Å². The number of hydrogen-bond donors (Lipinski definition) is 7. The van der Waals surface area contributed by atoms with Gasteiger partial charge in [0, 0.05) is 121 Å². The van der Waals surface area contributed by atoms with Crippen LogP contribution in [-0.4, -0.2) is 41.5 Å². The van der Waals surface area contributed by atoms with E-state index < -0.39 is 0 Å². The zero-order valence-corrected chi connectivity index (χ0v) is 80.8. The second-order valence-electron chi connectivity index (χ2n) is 33.6. The van der Waals surface area contributed by atoms with Gasteiger partial charge >= 0.3 is 0 Å². The molecule has 139 heavy (non-hydrogen) atoms. The van der Waals surface area contributed by atoms with Gasteiger partial charge in [-0.15, -0.1) is 0 Å². The molecule has 2 aliphatic rings. The molecule has 696 valence electrons. The molecule has 0 heterocycles. The Balaban J connectivity index is 0.000000156. The minimum Gasteiger partial charge on any atom is -0.356 e. The molecule has 0 radical (unpaired) electrons. The van der Waals surface area contributed by atoms with Gasteiger partial charge in [0.15, 0.2) is 0 Å². The molecule has 0 aliphatic heterocycles. The minimum absolute atomic E-state index is 0.312. The molecular formula is C125H126N14. The first-order valence-electron chi connectivity index (χ1n) is 46.9. The minimum atomic E-state index is 0.312. The van der Waals surface area contributed by atoms with E-state index in [4.69, 9.17) is 4.99 Å². The summed E-state index contributed by atoms with van der Waals surface area (Å²) in [5.74, 6) is 0. The quantitative estimate of drug-likeness (QED) is 0.0251. The molecule has 0 saturated carbocycles. The van der Waals surface area contributed by atoms with Crippen molar-refractivity contribution >= 4 is 167 Å². The van der Waals surface area contributed by atoms with Crippen LogP contribution in [0.25, 0.3) is 6.08 Å². The number of nitrogens with one attached hydrogen (secondary N) is 7. The first-order valence-corrected chi connectivity index (χ1v) is 46.9. The SMILES string of the molecule is C(/C=C/c1ccccc1)=Nc1ccc(Nc2ccccc2)cc1.C/C=C\C=Nc1ccc(Nc2ccccc2)cc1.C1=CC(=Nc2ccc(Nc3ccccc3)cc2)CCC1.C=CC(C)=Nc1ccc(Nc2ccccc2)cc1.C=CC=Nc1ccc(Nc2ccccc2)cc1.CC(C)=CC(C)=Nc1ccc(Nc2ccccc2)cc1.CC1=CC(=Nc2ccc(Nc3ccccc3)cc2)CC(C)(C)C1. The van der Waals surface area contributed by atoms with Crippen molar-refractivity contribution in [3.8, 4) is 0 Å². The standard InChI is InChI=1S/C21H24N2.C21H18N2.C18H18N2.C18H20N2.2C16H16N2.C15H14N2/c1-16-13-20(15-21(2,3)14-16)23-19-11-9-18(10-12-19)22-17-7-5-4-6-8-17;1-3-8-18(9-4-1)10-7-17-22-19-13-15-21(16-14-19)23-20-11-5-2-6-12-20;1-3-7-15(8-4-1)19-17-11-13-18(14-12-17)20-16-9-5-2-6-10-16;1-14(2)13-15(3)19-17-9-11-18(12-10-17)20-16-7-5-4-6-8-16;1-3-13(2)17-15-9-11-16(12-10-15)18-14-7-5-4-6-8-14;1-2-3-13-17-14-9-11-16(12-10-14)18-15-7-5-4-6-8-15;1-2-12-16-13-8-10-15(11-9-13)17-14-6-4-3-5-7-14/h4-13,22H,14-15H2,1-3H3;1-17,23H;1,3-5,7-9,11-14,19H,2,6,10H2;4-13,20H,1-3H3;3-12,18H,1H2,2H3;2-13,18H,1H3;2-12,17H,1H2/b;10-7+,22-17?;;;;3-2-,17-13?;. The average molecular weight is 1820 g/mol. The van der Waals surface area contributed by atoms with E-state index in [-0.39, 0.29) is 0 Å². The van der Waals surface area contributed by atoms with E-state index in [2.05, 4.69) is 224 Å². The van der Waals surface area contributed by atoms with Crippen LogP contribution in [0.1, 0.15) is 93.1 Å². The van der Waals surface area contributed by atoms with E-state index in [1.807, 2.05) is 379 Å². The predicted molar refractivity (Wildman–Crippen MR) is 607 cm³/mol. The molecule has 17 rings (SSSR count). The summed E-state index contributed by atoms with van der Waals surface area (Å²) in [6.07, 6.45) is 30.9. The fourth-order valence-electron chi connectivity index (χ4n) is 14.2. The van der Waals surface area contributed by atoms with Crippen LogP contribution in [0.15, 0.2) is 526 Å². The highest BCUT2D eigenvalue weighted by Crippen LogP contribution is 2.36. The largest absolute Gasteiger partial charge is 0.356 e. The molecular weight excluding hydrogens is 1700 g/mol. The van der Waals surface area contributed by atoms with Crippen molar-refractivity contribution < 1.29 is 0 Å². The van der Waals surface area contributed by atoms with Gasteiger partial charge in [0.1, 0.15) is 0 Å². The molecule has 0 unspecified atom stereocenters. The summed E-state index contributed by atoms with van der Waals surface area (Å²) in [6.45, 7) is 24.2. The highest BCUT2D eigenvalue weighted by atomic mass is 14.9. The maximum absolute atomic E-state index is 4.82. The van der Waals surface area contributed by atoms with Gasteiger partial charge < -0.3 is 37.2 Å². The Kier molecular flexibility index (Phi) is 42.7. The van der Waals surface area contributed by atoms with Gasteiger partial charge in [-0.05, 0) is 376 Å². The second-order valence-corrected chi connectivity index (χ2v) is 33.6. The smallest absolute Gasteiger partial charge is 0.0634 e. The number of allylic oxidation sites excluding steroid dienone is 11. The highest BCUT2D eigenvalue weighted by Gasteiger charge is 2.25. The molecule has 0 fully saturated rings. The molecule has 0 saturated heterocycles. The van der Waals surface area contributed by atoms with Crippen molar-refractivity contribution in [1.82, 2.24) is 0 Å². The third-order valence-electron chi connectivity index (χ3n) is 20.6. The van der Waals surface area contributed by atoms with E-state index in [0.29, 0.717) is 5.41 Å². The van der Waals surface area contributed by atoms with Crippen LogP contribution in [0.2, 0.25) is 0 Å². The molecule has 2 aliphatic carbocycles. The number of para-hydroxylation sites is 7. The van der Waals surface area contributed by atoms with Crippen molar-refractivity contribution in [2.24, 2.45) is 40.4 Å². The maximum Gasteiger partial charge on any atom is 0.0634 e. The lowest BCUT2D eigenvalue weighted by atomic mass is 9.77. The summed E-state index contributed by atoms with van der Waals surface area (Å²) in [7, 11) is 0. The lowest BCUT2D eigenvalue weighted by Crippen LogP contribution is -2.21. The molecule has 14 nitrogen and oxygen atoms in total. The maximum atomic E-state index is 4.82. The van der Waals surface area contributed by atoms with Crippen LogP contribution in [0.5, 0.6) is 0 Å². The third kappa shape index (κ3) is 40.6. The van der Waals surface area contributed by atoms with E-state index in [1.165, 1.54) is 41.0 Å². The number of aliphatic imine (C=N–C) groups is 7. The first-order chi connectivity index (χ1) is 68.0. The van der Waals surface area contributed by atoms with Gasteiger partial charge in [0.05, 0.1) is 39.8 Å². The lowest BCUT2D eigenvalue weighted by molar-refractivity contribution is 0.373. The van der Waals surface area contributed by atoms with Crippen LogP contribution in [0, 0.1) is 5.41 Å². The fraction of sp³-hybridized carbons (Fsp3) is 0.112. The molecule has 0 amide bonds. The van der Waals surface area contributed by atoms with Gasteiger partial charge in [0.2, 0.25) is 0 Å². The van der Waals surface area contributed by atoms with Crippen LogP contribution >= 0.6 is 0 Å². The van der Waals surface area contributed by atoms with Gasteiger partial charge in [-0.3, -0.25) is 34.9 Å². The van der Waals surface area contributed by atoms with Crippen LogP contribution < -0.4 is 37.2 Å². The molecule has 15 aromatic carbocycles. The number of anilines is 14. The van der Waals surface area contributed by atoms with Gasteiger partial charge in [-0.2, -0.15) is 0 Å². The Bertz CT molecular complexity index is 6530. The zero-order chi connectivity index (χ0) is 97.4. The summed E-state index contributed by atoms with van der Waals surface area (Å²) in [4.78, 5) is 31.4. The van der Waals surface area contributed by atoms with Crippen molar-refractivity contribution in [3.63, 3.8) is 0 Å². The monoisotopic (exact) mass is 1820 g/mol. The Labute approximate surface area is 823 Å². The van der Waals surface area contributed by atoms with Gasteiger partial charge in [0.25, 0.3) is 0 Å². The molecule has 15 aromatic rings. The Morgan fingerprint density at radius 1 is 0.309 bits per heavy atom. The Hall–Kier alpha value is -17.2. The zero-order valence-electron chi connectivity index (χ0n) is 80.8. The summed E-state index contributed by atoms with van der Waals surface area (Å²) in [6, 6.07) is 138. The van der Waals surface area contributed by atoms with Crippen molar-refractivity contribution in [2.75, 3.05) is 37.2 Å². The number of rotatable bonds is 27. The van der Waals surface area contributed by atoms with Gasteiger partial charge in [-0.1, -0.05) is 220 Å². The highest BCUT2D eigenvalue weighted by molar-refractivity contribution is 5.99. The van der Waals surface area contributed by atoms with Crippen LogP contribution in [-0.2, 0) is 0 Å². The molecule has 0 aromatic heterocycles. The van der Waals surface area contributed by atoms with Crippen LogP contribution in [0.4, 0.5) is 119 Å². The van der Waals surface area contributed by atoms with Crippen molar-refractivity contribution in [3.05, 3.63) is 497 Å². The summed E-state index contributed by atoms with van der Waals surface area (Å²) in [5, 5.41) is 23.5. The summed E-state index contributed by atoms with van der Waals surface area (Å²) >= 11 is 0. The number of nitrogens with zero attached hydrogens (tertiary/aromatic N) is 7. The summed E-state index contributed by atoms with van der Waals surface area (Å²) < 4.78 is 0. The molecule has 0 bridgehead atoms. The first kappa shape index (κ1) is 102. The molecule has 7 N–H and O–H groups in total. The third-order valence-corrected chi connectivity index (χ3v) is 20.6. The Morgan fingerprint density at radius 3 is 0.878 bits per heavy atom. The fourth-order valence-corrected chi connectivity index (χ4v) is 14.2. The Morgan fingerprint density at radius 2 is 0.590 bits per heavy atom. The van der Waals surface area contributed by atoms with Crippen LogP contribution in [0.3, 0.4) is 0 Å². The average Bonchev–Trinajstić information content (AvgIpc) is 0.831. The predicted octanol–water partition coefficient (Wildman–Crippen LogP) is 36.6. The second kappa shape index (κ2) is 58.0. The van der Waals surface area contributed by atoms with Crippen molar-refractivity contribution in [2.45, 2.75) is 87.5 Å².